The molecular formula is C9H14N2O3. The predicted octanol–water partition coefficient (Wildman–Crippen LogP) is -1.16. The van der Waals surface area contributed by atoms with Gasteiger partial charge in [-0.3, -0.25) is 14.5 Å². The molecule has 1 N–H and O–H groups in total. The molecule has 0 aromatic rings. The fraction of sp³-hybridized carbons (Fsp3) is 0.778. The van der Waals surface area contributed by atoms with Crippen LogP contribution in [0.25, 0.3) is 0 Å². The summed E-state index contributed by atoms with van der Waals surface area (Å²) in [6.07, 6.45) is 0. The summed E-state index contributed by atoms with van der Waals surface area (Å²) in [6.45, 7) is 2.09. The van der Waals surface area contributed by atoms with E-state index in [4.69, 9.17) is 4.74 Å². The number of nitrogens with one attached hydrogen (secondary N) is 1. The molecule has 0 radical (unpaired) electrons. The number of carbonyl (C=O) groups excluding carboxylic acids is 2. The summed E-state index contributed by atoms with van der Waals surface area (Å²) in [7, 11) is 1.56. The Balaban J connectivity index is 2.06. The molecule has 2 aliphatic heterocycles. The summed E-state index contributed by atoms with van der Waals surface area (Å²) in [4.78, 5) is 24.8. The number of rotatable bonds is 3. The minimum Gasteiger partial charge on any atom is -0.383 e. The first kappa shape index (κ1) is 9.61. The van der Waals surface area contributed by atoms with Gasteiger partial charge in [0, 0.05) is 20.2 Å². The highest BCUT2D eigenvalue weighted by atomic mass is 16.5. The van der Waals surface area contributed by atoms with Gasteiger partial charge in [0.2, 0.25) is 11.8 Å². The van der Waals surface area contributed by atoms with E-state index in [1.54, 1.807) is 7.11 Å². The highest BCUT2D eigenvalue weighted by Crippen LogP contribution is 2.28. The summed E-state index contributed by atoms with van der Waals surface area (Å²) >= 11 is 0. The topological polar surface area (TPSA) is 58.6 Å². The maximum atomic E-state index is 11.7. The maximum absolute atomic E-state index is 11.7. The highest BCUT2D eigenvalue weighted by Gasteiger charge is 2.49. The van der Waals surface area contributed by atoms with Crippen LogP contribution in [-0.2, 0) is 14.3 Å². The molecule has 0 aromatic heterocycles. The van der Waals surface area contributed by atoms with Crippen molar-refractivity contribution in [3.8, 4) is 0 Å². The number of methoxy groups -OCH3 is 1. The first-order valence-corrected chi connectivity index (χ1v) is 4.80. The van der Waals surface area contributed by atoms with Crippen molar-refractivity contribution in [2.75, 3.05) is 33.4 Å². The van der Waals surface area contributed by atoms with E-state index in [1.165, 1.54) is 4.90 Å². The Kier molecular flexibility index (Phi) is 2.52. The molecule has 14 heavy (non-hydrogen) atoms. The van der Waals surface area contributed by atoms with Crippen LogP contribution in [0.3, 0.4) is 0 Å². The SMILES string of the molecule is COCCN1C(=O)C2CNCC2C1=O. The molecule has 2 rings (SSSR count). The molecule has 5 nitrogen and oxygen atoms in total. The first-order valence-electron chi connectivity index (χ1n) is 4.80. The Morgan fingerprint density at radius 3 is 2.43 bits per heavy atom. The molecule has 0 aliphatic carbocycles. The lowest BCUT2D eigenvalue weighted by atomic mass is 10.00. The van der Waals surface area contributed by atoms with Gasteiger partial charge in [-0.25, -0.2) is 0 Å². The van der Waals surface area contributed by atoms with Gasteiger partial charge >= 0.3 is 0 Å². The molecule has 2 heterocycles. The Bertz CT molecular complexity index is 245. The zero-order valence-corrected chi connectivity index (χ0v) is 8.16. The smallest absolute Gasteiger partial charge is 0.234 e. The van der Waals surface area contributed by atoms with Crippen molar-refractivity contribution in [1.82, 2.24) is 10.2 Å². The van der Waals surface area contributed by atoms with E-state index in [0.717, 1.165) is 0 Å². The van der Waals surface area contributed by atoms with E-state index in [1.807, 2.05) is 0 Å². The van der Waals surface area contributed by atoms with Crippen LogP contribution < -0.4 is 5.32 Å². The van der Waals surface area contributed by atoms with Crippen molar-refractivity contribution in [2.45, 2.75) is 0 Å². The van der Waals surface area contributed by atoms with Gasteiger partial charge in [-0.05, 0) is 0 Å². The highest BCUT2D eigenvalue weighted by molar-refractivity contribution is 6.05. The molecule has 2 unspecified atom stereocenters. The monoisotopic (exact) mass is 198 g/mol. The molecule has 78 valence electrons. The second kappa shape index (κ2) is 3.67. The second-order valence-corrected chi connectivity index (χ2v) is 3.69. The molecule has 0 aromatic carbocycles. The van der Waals surface area contributed by atoms with Gasteiger partial charge < -0.3 is 10.1 Å². The fourth-order valence-electron chi connectivity index (χ4n) is 2.11. The number of imide groups is 1. The van der Waals surface area contributed by atoms with E-state index in [2.05, 4.69) is 5.32 Å². The summed E-state index contributed by atoms with van der Waals surface area (Å²) < 4.78 is 4.86. The number of fused-ring (bicyclic) bond motifs is 1. The Morgan fingerprint density at radius 1 is 1.36 bits per heavy atom. The molecule has 2 aliphatic rings. The van der Waals surface area contributed by atoms with Crippen LogP contribution in [0.4, 0.5) is 0 Å². The number of ether oxygens (including phenoxy) is 1. The maximum Gasteiger partial charge on any atom is 0.234 e. The third kappa shape index (κ3) is 1.33. The average molecular weight is 198 g/mol. The molecule has 0 spiro atoms. The van der Waals surface area contributed by atoms with Gasteiger partial charge in [0.25, 0.3) is 0 Å². The zero-order chi connectivity index (χ0) is 10.1. The normalized spacial score (nSPS) is 31.4. The van der Waals surface area contributed by atoms with Crippen LogP contribution in [0.15, 0.2) is 0 Å². The summed E-state index contributed by atoms with van der Waals surface area (Å²) in [5.41, 5.74) is 0. The minimum absolute atomic E-state index is 0.0398. The molecular weight excluding hydrogens is 184 g/mol. The van der Waals surface area contributed by atoms with Crippen molar-refractivity contribution >= 4 is 11.8 Å². The van der Waals surface area contributed by atoms with Crippen LogP contribution >= 0.6 is 0 Å². The van der Waals surface area contributed by atoms with Gasteiger partial charge in [0.1, 0.15) is 0 Å². The van der Waals surface area contributed by atoms with E-state index >= 15 is 0 Å². The largest absolute Gasteiger partial charge is 0.383 e. The molecule has 2 saturated heterocycles. The van der Waals surface area contributed by atoms with E-state index in [0.29, 0.717) is 26.2 Å². The van der Waals surface area contributed by atoms with Crippen LogP contribution in [0, 0.1) is 11.8 Å². The van der Waals surface area contributed by atoms with Crippen molar-refractivity contribution in [1.29, 1.82) is 0 Å². The predicted molar refractivity (Wildman–Crippen MR) is 48.4 cm³/mol. The van der Waals surface area contributed by atoms with Gasteiger partial charge in [0.15, 0.2) is 0 Å². The number of hydrogen-bond acceptors (Lipinski definition) is 4. The Morgan fingerprint density at radius 2 is 1.93 bits per heavy atom. The van der Waals surface area contributed by atoms with E-state index in [-0.39, 0.29) is 23.7 Å². The number of carbonyl (C=O) groups is 2. The lowest BCUT2D eigenvalue weighted by Crippen LogP contribution is -2.36. The van der Waals surface area contributed by atoms with Crippen molar-refractivity contribution in [3.05, 3.63) is 0 Å². The number of nitrogens with zero attached hydrogens (tertiary/aromatic N) is 1. The van der Waals surface area contributed by atoms with E-state index in [9.17, 15) is 9.59 Å². The van der Waals surface area contributed by atoms with Crippen molar-refractivity contribution < 1.29 is 14.3 Å². The molecule has 2 amide bonds. The minimum atomic E-state index is -0.126. The van der Waals surface area contributed by atoms with Crippen molar-refractivity contribution in [3.63, 3.8) is 0 Å². The van der Waals surface area contributed by atoms with Crippen LogP contribution in [0.1, 0.15) is 0 Å². The van der Waals surface area contributed by atoms with Gasteiger partial charge in [-0.2, -0.15) is 0 Å². The summed E-state index contributed by atoms with van der Waals surface area (Å²) in [5, 5.41) is 3.06. The molecule has 2 fully saturated rings. The Hall–Kier alpha value is -0.940. The average Bonchev–Trinajstić information content (AvgIpc) is 2.72. The van der Waals surface area contributed by atoms with Gasteiger partial charge in [-0.15, -0.1) is 0 Å². The van der Waals surface area contributed by atoms with Crippen molar-refractivity contribution in [2.24, 2.45) is 11.8 Å². The fourth-order valence-corrected chi connectivity index (χ4v) is 2.11. The molecule has 2 atom stereocenters. The first-order chi connectivity index (χ1) is 6.75. The van der Waals surface area contributed by atoms with Crippen LogP contribution in [0.2, 0.25) is 0 Å². The van der Waals surface area contributed by atoms with Gasteiger partial charge in [-0.1, -0.05) is 0 Å². The second-order valence-electron chi connectivity index (χ2n) is 3.69. The zero-order valence-electron chi connectivity index (χ0n) is 8.16. The molecule has 0 saturated carbocycles. The third-order valence-corrected chi connectivity index (χ3v) is 2.90. The van der Waals surface area contributed by atoms with Gasteiger partial charge in [0.05, 0.1) is 25.0 Å². The quantitative estimate of drug-likeness (QED) is 0.581. The Labute approximate surface area is 82.4 Å². The standard InChI is InChI=1S/C9H14N2O3/c1-14-3-2-11-8(12)6-4-10-5-7(6)9(11)13/h6-7,10H,2-5H2,1H3. The number of likely N-dealkylation sites (tertiary alicyclic amines) is 1. The molecule has 0 bridgehead atoms. The summed E-state index contributed by atoms with van der Waals surface area (Å²) in [5.74, 6) is -0.331. The lowest BCUT2D eigenvalue weighted by Gasteiger charge is -2.14. The molecule has 5 heteroatoms. The van der Waals surface area contributed by atoms with Crippen LogP contribution in [-0.4, -0.2) is 50.1 Å². The number of amides is 2. The van der Waals surface area contributed by atoms with E-state index < -0.39 is 0 Å². The number of hydrogen-bond donors (Lipinski definition) is 1. The third-order valence-electron chi connectivity index (χ3n) is 2.90. The van der Waals surface area contributed by atoms with Crippen LogP contribution in [0.5, 0.6) is 0 Å². The summed E-state index contributed by atoms with van der Waals surface area (Å²) in [6, 6.07) is 0. The lowest BCUT2D eigenvalue weighted by molar-refractivity contribution is -0.140.